The van der Waals surface area contributed by atoms with Crippen LogP contribution >= 0.6 is 11.6 Å². The largest absolute Gasteiger partial charge is 0.543 e. The van der Waals surface area contributed by atoms with Crippen molar-refractivity contribution in [3.05, 3.63) is 34.5 Å². The Morgan fingerprint density at radius 2 is 2.21 bits per heavy atom. The normalized spacial score (nSPS) is 10.7. The number of aromatic nitrogens is 1. The number of halogens is 1. The molecule has 2 aromatic rings. The van der Waals surface area contributed by atoms with Gasteiger partial charge in [-0.05, 0) is 24.6 Å². The first-order valence-electron chi connectivity index (χ1n) is 4.09. The Bertz CT molecular complexity index is 477. The minimum Gasteiger partial charge on any atom is -0.543 e. The molecular weight excluding hydrogens is 202 g/mol. The predicted molar refractivity (Wildman–Crippen MR) is 52.4 cm³/mol. The van der Waals surface area contributed by atoms with E-state index < -0.39 is 5.97 Å². The maximum Gasteiger partial charge on any atom is 0.0878 e. The van der Waals surface area contributed by atoms with Crippen LogP contribution in [0.4, 0.5) is 0 Å². The first kappa shape index (κ1) is 9.09. The molecule has 3 nitrogen and oxygen atoms in total. The topological polar surface area (TPSA) is 55.9 Å². The molecule has 0 atom stereocenters. The number of carboxylic acids is 1. The van der Waals surface area contributed by atoms with Crippen LogP contribution in [0, 0.1) is 6.92 Å². The van der Waals surface area contributed by atoms with Gasteiger partial charge in [-0.25, -0.2) is 0 Å². The Morgan fingerprint density at radius 3 is 2.79 bits per heavy atom. The van der Waals surface area contributed by atoms with E-state index in [1.165, 1.54) is 6.07 Å². The summed E-state index contributed by atoms with van der Waals surface area (Å²) < 4.78 is 0. The van der Waals surface area contributed by atoms with E-state index in [1.54, 1.807) is 6.07 Å². The van der Waals surface area contributed by atoms with E-state index in [0.29, 0.717) is 10.4 Å². The Balaban J connectivity index is 2.82. The van der Waals surface area contributed by atoms with Gasteiger partial charge in [0.2, 0.25) is 0 Å². The smallest absolute Gasteiger partial charge is 0.0878 e. The van der Waals surface area contributed by atoms with Crippen LogP contribution in [-0.2, 0) is 0 Å². The molecular formula is C10H7ClNO2-. The van der Waals surface area contributed by atoms with Gasteiger partial charge in [0.1, 0.15) is 0 Å². The van der Waals surface area contributed by atoms with Crippen molar-refractivity contribution >= 4 is 28.5 Å². The summed E-state index contributed by atoms with van der Waals surface area (Å²) in [6, 6.07) is 5.06. The number of carbonyl (C=O) groups excluding carboxylic acids is 1. The molecule has 72 valence electrons. The molecule has 0 aliphatic rings. The lowest BCUT2D eigenvalue weighted by Gasteiger charge is -1.97. The van der Waals surface area contributed by atoms with Gasteiger partial charge in [-0.1, -0.05) is 17.7 Å². The zero-order chi connectivity index (χ0) is 10.3. The second kappa shape index (κ2) is 3.03. The molecule has 1 aromatic carbocycles. The van der Waals surface area contributed by atoms with Crippen molar-refractivity contribution in [3.63, 3.8) is 0 Å². The van der Waals surface area contributed by atoms with Gasteiger partial charge in [-0.15, -0.1) is 0 Å². The molecule has 0 radical (unpaired) electrons. The van der Waals surface area contributed by atoms with Gasteiger partial charge >= 0.3 is 0 Å². The number of aromatic carboxylic acids is 1. The van der Waals surface area contributed by atoms with Crippen molar-refractivity contribution in [2.75, 3.05) is 0 Å². The minimum atomic E-state index is -1.23. The fourth-order valence-corrected chi connectivity index (χ4v) is 1.65. The molecule has 0 saturated heterocycles. The van der Waals surface area contributed by atoms with Crippen molar-refractivity contribution in [1.29, 1.82) is 0 Å². The summed E-state index contributed by atoms with van der Waals surface area (Å²) in [5.74, 6) is -1.23. The summed E-state index contributed by atoms with van der Waals surface area (Å²) in [6.45, 7) is 1.88. The highest BCUT2D eigenvalue weighted by Gasteiger charge is 2.06. The molecule has 1 heterocycles. The van der Waals surface area contributed by atoms with Crippen LogP contribution in [0.25, 0.3) is 10.9 Å². The van der Waals surface area contributed by atoms with Crippen molar-refractivity contribution in [2.24, 2.45) is 0 Å². The summed E-state index contributed by atoms with van der Waals surface area (Å²) in [5.41, 5.74) is 1.75. The number of carboxylic acid groups (broad SMARTS) is 1. The summed E-state index contributed by atoms with van der Waals surface area (Å²) in [5, 5.41) is 11.9. The van der Waals surface area contributed by atoms with Gasteiger partial charge in [-0.3, -0.25) is 0 Å². The quantitative estimate of drug-likeness (QED) is 0.772. The van der Waals surface area contributed by atoms with Crippen LogP contribution in [0.5, 0.6) is 0 Å². The Labute approximate surface area is 85.3 Å². The highest BCUT2D eigenvalue weighted by atomic mass is 35.5. The highest BCUT2D eigenvalue weighted by Crippen LogP contribution is 2.26. The Morgan fingerprint density at radius 1 is 1.50 bits per heavy atom. The molecule has 0 unspecified atom stereocenters. The third kappa shape index (κ3) is 1.26. The maximum absolute atomic E-state index is 10.6. The van der Waals surface area contributed by atoms with Crippen molar-refractivity contribution in [3.8, 4) is 0 Å². The van der Waals surface area contributed by atoms with E-state index in [0.717, 1.165) is 11.1 Å². The standard InChI is InChI=1S/C10H8ClNO2/c1-5-2-3-7(11)6-4-8(10(13)14)12-9(5)6/h2-4,12H,1H3,(H,13,14)/p-1. The van der Waals surface area contributed by atoms with E-state index in [9.17, 15) is 9.90 Å². The average Bonchev–Trinajstić information content (AvgIpc) is 2.57. The molecule has 0 spiro atoms. The van der Waals surface area contributed by atoms with Gasteiger partial charge in [0, 0.05) is 10.4 Å². The Kier molecular flexibility index (Phi) is 1.97. The van der Waals surface area contributed by atoms with Crippen molar-refractivity contribution < 1.29 is 9.90 Å². The number of hydrogen-bond donors (Lipinski definition) is 1. The highest BCUT2D eigenvalue weighted by molar-refractivity contribution is 6.35. The summed E-state index contributed by atoms with van der Waals surface area (Å²) in [7, 11) is 0. The van der Waals surface area contributed by atoms with Gasteiger partial charge in [0.15, 0.2) is 0 Å². The van der Waals surface area contributed by atoms with Crippen LogP contribution < -0.4 is 5.11 Å². The first-order valence-corrected chi connectivity index (χ1v) is 4.46. The van der Waals surface area contributed by atoms with E-state index in [2.05, 4.69) is 4.98 Å². The molecule has 14 heavy (non-hydrogen) atoms. The van der Waals surface area contributed by atoms with E-state index in [4.69, 9.17) is 11.6 Å². The fraction of sp³-hybridized carbons (Fsp3) is 0.100. The molecule has 0 fully saturated rings. The second-order valence-corrected chi connectivity index (χ2v) is 3.53. The van der Waals surface area contributed by atoms with Crippen LogP contribution in [0.15, 0.2) is 18.2 Å². The molecule has 0 bridgehead atoms. The van der Waals surface area contributed by atoms with E-state index in [1.807, 2.05) is 13.0 Å². The third-order valence-corrected chi connectivity index (χ3v) is 2.50. The van der Waals surface area contributed by atoms with Crippen molar-refractivity contribution in [1.82, 2.24) is 4.98 Å². The molecule has 0 aliphatic heterocycles. The lowest BCUT2D eigenvalue weighted by atomic mass is 10.2. The zero-order valence-electron chi connectivity index (χ0n) is 7.43. The third-order valence-electron chi connectivity index (χ3n) is 2.17. The number of aryl methyl sites for hydroxylation is 1. The van der Waals surface area contributed by atoms with Crippen LogP contribution in [0.3, 0.4) is 0 Å². The number of rotatable bonds is 1. The van der Waals surface area contributed by atoms with Crippen LogP contribution in [-0.4, -0.2) is 11.0 Å². The number of H-pyrrole nitrogens is 1. The molecule has 1 N–H and O–H groups in total. The monoisotopic (exact) mass is 208 g/mol. The number of benzene rings is 1. The zero-order valence-corrected chi connectivity index (χ0v) is 8.18. The lowest BCUT2D eigenvalue weighted by Crippen LogP contribution is -2.22. The summed E-state index contributed by atoms with van der Waals surface area (Å²) in [6.07, 6.45) is 0. The predicted octanol–water partition coefficient (Wildman–Crippen LogP) is 1.49. The lowest BCUT2D eigenvalue weighted by molar-refractivity contribution is -0.255. The molecule has 2 rings (SSSR count). The fourth-order valence-electron chi connectivity index (χ4n) is 1.44. The first-order chi connectivity index (χ1) is 6.59. The van der Waals surface area contributed by atoms with Crippen molar-refractivity contribution in [2.45, 2.75) is 6.92 Å². The van der Waals surface area contributed by atoms with Gasteiger partial charge < -0.3 is 14.9 Å². The number of aromatic amines is 1. The molecule has 4 heteroatoms. The van der Waals surface area contributed by atoms with Gasteiger partial charge in [0.05, 0.1) is 17.2 Å². The molecule has 0 aliphatic carbocycles. The van der Waals surface area contributed by atoms with Gasteiger partial charge in [-0.2, -0.15) is 0 Å². The minimum absolute atomic E-state index is 0.0520. The number of carbonyl (C=O) groups is 1. The summed E-state index contributed by atoms with van der Waals surface area (Å²) >= 11 is 5.91. The number of hydrogen-bond acceptors (Lipinski definition) is 2. The molecule has 0 amide bonds. The molecule has 1 aromatic heterocycles. The second-order valence-electron chi connectivity index (χ2n) is 3.12. The van der Waals surface area contributed by atoms with Gasteiger partial charge in [0.25, 0.3) is 0 Å². The van der Waals surface area contributed by atoms with Crippen LogP contribution in [0.2, 0.25) is 5.02 Å². The molecule has 0 saturated carbocycles. The maximum atomic E-state index is 10.6. The Hall–Kier alpha value is -1.48. The summed E-state index contributed by atoms with van der Waals surface area (Å²) in [4.78, 5) is 13.4. The SMILES string of the molecule is Cc1ccc(Cl)c2cc(C(=O)[O-])[nH]c12. The van der Waals surface area contributed by atoms with Crippen LogP contribution in [0.1, 0.15) is 16.1 Å². The number of fused-ring (bicyclic) bond motifs is 1. The average molecular weight is 209 g/mol. The number of nitrogens with one attached hydrogen (secondary N) is 1. The van der Waals surface area contributed by atoms with E-state index in [-0.39, 0.29) is 5.69 Å². The van der Waals surface area contributed by atoms with E-state index >= 15 is 0 Å².